The first kappa shape index (κ1) is 23.0. The fourth-order valence-corrected chi connectivity index (χ4v) is 4.36. The molecule has 1 aromatic heterocycles. The van der Waals surface area contributed by atoms with Crippen molar-refractivity contribution in [3.05, 3.63) is 35.5 Å². The van der Waals surface area contributed by atoms with Crippen molar-refractivity contribution in [1.82, 2.24) is 20.2 Å². The van der Waals surface area contributed by atoms with Crippen LogP contribution in [0.1, 0.15) is 43.2 Å². The van der Waals surface area contributed by atoms with E-state index in [9.17, 15) is 9.59 Å². The number of amides is 3. The van der Waals surface area contributed by atoms with Crippen LogP contribution in [0.3, 0.4) is 0 Å². The van der Waals surface area contributed by atoms with Gasteiger partial charge in [0.2, 0.25) is 0 Å². The van der Waals surface area contributed by atoms with Gasteiger partial charge in [-0.25, -0.2) is 14.8 Å². The van der Waals surface area contributed by atoms with E-state index in [0.29, 0.717) is 50.1 Å². The number of carbonyl (C=O) groups is 2. The summed E-state index contributed by atoms with van der Waals surface area (Å²) in [6.45, 7) is 9.92. The van der Waals surface area contributed by atoms with E-state index in [0.717, 1.165) is 36.3 Å². The first-order chi connectivity index (χ1) is 16.0. The first-order valence-electron chi connectivity index (χ1n) is 11.8. The number of aromatic nitrogens is 2. The highest BCUT2D eigenvalue weighted by Gasteiger charge is 2.33. The third kappa shape index (κ3) is 4.78. The van der Waals surface area contributed by atoms with Crippen LogP contribution in [0.15, 0.2) is 24.3 Å². The maximum atomic E-state index is 13.2. The Balaban J connectivity index is 1.73. The summed E-state index contributed by atoms with van der Waals surface area (Å²) in [5, 5.41) is 5.50. The number of anilines is 2. The second-order valence-corrected chi connectivity index (χ2v) is 8.22. The standard InChI is InChI=1S/C24H32N6O3/c1-4-18-15-33-14-13-30(18)22-19-11-12-29(6-3)23(31)20(19)27-21(28-22)16-7-9-17(10-8-16)26-24(32)25-5-2/h7-10,18H,4-6,11-15H2,1-3H3,(H2,25,26,32). The predicted molar refractivity (Wildman–Crippen MR) is 128 cm³/mol. The van der Waals surface area contributed by atoms with Gasteiger partial charge in [-0.1, -0.05) is 6.92 Å². The number of likely N-dealkylation sites (N-methyl/N-ethyl adjacent to an activating group) is 1. The minimum Gasteiger partial charge on any atom is -0.377 e. The highest BCUT2D eigenvalue weighted by molar-refractivity contribution is 5.96. The summed E-state index contributed by atoms with van der Waals surface area (Å²) in [5.41, 5.74) is 2.90. The number of nitrogens with zero attached hydrogens (tertiary/aromatic N) is 4. The zero-order chi connectivity index (χ0) is 23.4. The summed E-state index contributed by atoms with van der Waals surface area (Å²) < 4.78 is 5.70. The molecule has 1 aromatic carbocycles. The fraction of sp³-hybridized carbons (Fsp3) is 0.500. The molecule has 4 rings (SSSR count). The lowest BCUT2D eigenvalue weighted by Gasteiger charge is -2.38. The molecular weight excluding hydrogens is 420 g/mol. The molecule has 1 atom stereocenters. The summed E-state index contributed by atoms with van der Waals surface area (Å²) in [6.07, 6.45) is 1.68. The molecule has 3 amide bonds. The summed E-state index contributed by atoms with van der Waals surface area (Å²) in [4.78, 5) is 38.8. The van der Waals surface area contributed by atoms with Crippen LogP contribution in [0.2, 0.25) is 0 Å². The van der Waals surface area contributed by atoms with E-state index in [1.165, 1.54) is 0 Å². The number of nitrogens with one attached hydrogen (secondary N) is 2. The van der Waals surface area contributed by atoms with Crippen LogP contribution in [0.5, 0.6) is 0 Å². The molecule has 1 fully saturated rings. The number of hydrogen-bond acceptors (Lipinski definition) is 6. The molecule has 9 heteroatoms. The molecule has 176 valence electrons. The van der Waals surface area contributed by atoms with Crippen molar-refractivity contribution in [2.75, 3.05) is 49.6 Å². The number of rotatable bonds is 6. The van der Waals surface area contributed by atoms with Gasteiger partial charge in [-0.2, -0.15) is 0 Å². The molecule has 3 heterocycles. The van der Waals surface area contributed by atoms with Crippen LogP contribution in [0.4, 0.5) is 16.3 Å². The van der Waals surface area contributed by atoms with Gasteiger partial charge in [-0.15, -0.1) is 0 Å². The molecule has 33 heavy (non-hydrogen) atoms. The van der Waals surface area contributed by atoms with E-state index in [-0.39, 0.29) is 18.0 Å². The highest BCUT2D eigenvalue weighted by atomic mass is 16.5. The minimum atomic E-state index is -0.249. The van der Waals surface area contributed by atoms with Gasteiger partial charge in [-0.3, -0.25) is 4.79 Å². The van der Waals surface area contributed by atoms with Crippen molar-refractivity contribution in [1.29, 1.82) is 0 Å². The average Bonchev–Trinajstić information content (AvgIpc) is 2.84. The Kier molecular flexibility index (Phi) is 7.08. The third-order valence-corrected chi connectivity index (χ3v) is 6.20. The molecule has 0 spiro atoms. The van der Waals surface area contributed by atoms with Crippen molar-refractivity contribution in [2.45, 2.75) is 39.7 Å². The first-order valence-corrected chi connectivity index (χ1v) is 11.8. The number of carbonyl (C=O) groups excluding carboxylic acids is 2. The van der Waals surface area contributed by atoms with Crippen LogP contribution < -0.4 is 15.5 Å². The zero-order valence-electron chi connectivity index (χ0n) is 19.6. The van der Waals surface area contributed by atoms with E-state index < -0.39 is 0 Å². The van der Waals surface area contributed by atoms with Gasteiger partial charge in [0.05, 0.1) is 19.3 Å². The molecule has 2 aliphatic heterocycles. The Labute approximate surface area is 194 Å². The summed E-state index contributed by atoms with van der Waals surface area (Å²) in [6, 6.07) is 7.34. The Bertz CT molecular complexity index is 1010. The van der Waals surface area contributed by atoms with Gasteiger partial charge in [0.25, 0.3) is 5.91 Å². The van der Waals surface area contributed by atoms with Gasteiger partial charge in [-0.05, 0) is 51.0 Å². The molecule has 0 aliphatic carbocycles. The van der Waals surface area contributed by atoms with Crippen molar-refractivity contribution in [3.63, 3.8) is 0 Å². The Morgan fingerprint density at radius 2 is 1.94 bits per heavy atom. The van der Waals surface area contributed by atoms with Gasteiger partial charge in [0.15, 0.2) is 5.82 Å². The average molecular weight is 453 g/mol. The molecule has 2 aromatic rings. The lowest BCUT2D eigenvalue weighted by atomic mass is 10.0. The van der Waals surface area contributed by atoms with Crippen LogP contribution in [-0.2, 0) is 11.2 Å². The van der Waals surface area contributed by atoms with Crippen LogP contribution >= 0.6 is 0 Å². The summed E-state index contributed by atoms with van der Waals surface area (Å²) >= 11 is 0. The van der Waals surface area contributed by atoms with Crippen LogP contribution in [0.25, 0.3) is 11.4 Å². The third-order valence-electron chi connectivity index (χ3n) is 6.20. The van der Waals surface area contributed by atoms with E-state index in [1.54, 1.807) is 0 Å². The largest absolute Gasteiger partial charge is 0.377 e. The lowest BCUT2D eigenvalue weighted by Crippen LogP contribution is -2.47. The number of morpholine rings is 1. The van der Waals surface area contributed by atoms with Crippen molar-refractivity contribution >= 4 is 23.4 Å². The SMILES string of the molecule is CCNC(=O)Nc1ccc(-c2nc3c(c(N4CCOCC4CC)n2)CCN(CC)C3=O)cc1. The lowest BCUT2D eigenvalue weighted by molar-refractivity contribution is 0.0741. The molecular formula is C24H32N6O3. The van der Waals surface area contributed by atoms with Gasteiger partial charge >= 0.3 is 6.03 Å². The van der Waals surface area contributed by atoms with Crippen molar-refractivity contribution < 1.29 is 14.3 Å². The summed E-state index contributed by atoms with van der Waals surface area (Å²) in [5.74, 6) is 1.32. The maximum Gasteiger partial charge on any atom is 0.319 e. The quantitative estimate of drug-likeness (QED) is 0.699. The van der Waals surface area contributed by atoms with Crippen LogP contribution in [0, 0.1) is 0 Å². The monoisotopic (exact) mass is 452 g/mol. The second-order valence-electron chi connectivity index (χ2n) is 8.22. The van der Waals surface area contributed by atoms with Crippen molar-refractivity contribution in [2.24, 2.45) is 0 Å². The van der Waals surface area contributed by atoms with Gasteiger partial charge < -0.3 is 25.2 Å². The van der Waals surface area contributed by atoms with E-state index >= 15 is 0 Å². The normalized spacial score (nSPS) is 18.2. The number of hydrogen-bond donors (Lipinski definition) is 2. The summed E-state index contributed by atoms with van der Waals surface area (Å²) in [7, 11) is 0. The van der Waals surface area contributed by atoms with Crippen molar-refractivity contribution in [3.8, 4) is 11.4 Å². The number of urea groups is 1. The molecule has 9 nitrogen and oxygen atoms in total. The topological polar surface area (TPSA) is 99.7 Å². The maximum absolute atomic E-state index is 13.2. The molecule has 1 unspecified atom stereocenters. The number of fused-ring (bicyclic) bond motifs is 1. The number of benzene rings is 1. The highest BCUT2D eigenvalue weighted by Crippen LogP contribution is 2.32. The Hall–Kier alpha value is -3.20. The molecule has 0 radical (unpaired) electrons. The van der Waals surface area contributed by atoms with Gasteiger partial charge in [0, 0.05) is 43.0 Å². The Morgan fingerprint density at radius 1 is 1.15 bits per heavy atom. The Morgan fingerprint density at radius 3 is 2.64 bits per heavy atom. The molecule has 0 bridgehead atoms. The van der Waals surface area contributed by atoms with Crippen LogP contribution in [-0.4, -0.2) is 72.2 Å². The zero-order valence-corrected chi connectivity index (χ0v) is 19.6. The molecule has 1 saturated heterocycles. The number of ether oxygens (including phenoxy) is 1. The second kappa shape index (κ2) is 10.2. The molecule has 0 saturated carbocycles. The molecule has 2 aliphatic rings. The van der Waals surface area contributed by atoms with E-state index in [4.69, 9.17) is 14.7 Å². The molecule has 2 N–H and O–H groups in total. The fourth-order valence-electron chi connectivity index (χ4n) is 4.36. The predicted octanol–water partition coefficient (Wildman–Crippen LogP) is 2.92. The smallest absolute Gasteiger partial charge is 0.319 e. The minimum absolute atomic E-state index is 0.0421. The van der Waals surface area contributed by atoms with E-state index in [1.807, 2.05) is 43.0 Å². The van der Waals surface area contributed by atoms with E-state index in [2.05, 4.69) is 22.5 Å². The van der Waals surface area contributed by atoms with Gasteiger partial charge in [0.1, 0.15) is 11.5 Å².